The lowest BCUT2D eigenvalue weighted by atomic mass is 9.93. The molecule has 0 radical (unpaired) electrons. The standard InChI is InChI=1S/C9H13NO3S/c1-9(2,3)6-5(7(11)12)10-8(13-4)14-6/h1-4H3,(H,11,12). The highest BCUT2D eigenvalue weighted by Gasteiger charge is 2.27. The van der Waals surface area contributed by atoms with Crippen molar-refractivity contribution in [1.29, 1.82) is 0 Å². The van der Waals surface area contributed by atoms with Crippen LogP contribution < -0.4 is 4.74 Å². The van der Waals surface area contributed by atoms with Gasteiger partial charge in [-0.2, -0.15) is 4.98 Å². The molecule has 1 rings (SSSR count). The maximum atomic E-state index is 10.9. The van der Waals surface area contributed by atoms with Crippen molar-refractivity contribution in [3.8, 4) is 5.19 Å². The van der Waals surface area contributed by atoms with E-state index >= 15 is 0 Å². The molecular formula is C9H13NO3S. The van der Waals surface area contributed by atoms with Crippen LogP contribution in [0.4, 0.5) is 0 Å². The van der Waals surface area contributed by atoms with Crippen LogP contribution in [-0.2, 0) is 5.41 Å². The number of nitrogens with zero attached hydrogens (tertiary/aromatic N) is 1. The third kappa shape index (κ3) is 2.04. The van der Waals surface area contributed by atoms with Gasteiger partial charge in [-0.15, -0.1) is 0 Å². The molecule has 5 heteroatoms. The molecule has 4 nitrogen and oxygen atoms in total. The summed E-state index contributed by atoms with van der Waals surface area (Å²) in [4.78, 5) is 15.5. The Morgan fingerprint density at radius 3 is 2.36 bits per heavy atom. The van der Waals surface area contributed by atoms with Gasteiger partial charge < -0.3 is 9.84 Å². The maximum absolute atomic E-state index is 10.9. The number of aromatic carboxylic acids is 1. The van der Waals surface area contributed by atoms with Crippen molar-refractivity contribution < 1.29 is 14.6 Å². The Bertz CT molecular complexity index is 351. The van der Waals surface area contributed by atoms with Crippen LogP contribution in [0.3, 0.4) is 0 Å². The molecule has 0 spiro atoms. The molecule has 1 heterocycles. The minimum Gasteiger partial charge on any atom is -0.476 e. The largest absolute Gasteiger partial charge is 0.476 e. The fourth-order valence-electron chi connectivity index (χ4n) is 1.04. The van der Waals surface area contributed by atoms with Crippen molar-refractivity contribution in [2.24, 2.45) is 0 Å². The molecular weight excluding hydrogens is 202 g/mol. The van der Waals surface area contributed by atoms with E-state index in [0.29, 0.717) is 5.19 Å². The van der Waals surface area contributed by atoms with Gasteiger partial charge in [0.25, 0.3) is 5.19 Å². The quantitative estimate of drug-likeness (QED) is 0.821. The summed E-state index contributed by atoms with van der Waals surface area (Å²) in [5.74, 6) is -1.01. The zero-order valence-electron chi connectivity index (χ0n) is 8.62. The first-order valence-electron chi connectivity index (χ1n) is 4.15. The number of carbonyl (C=O) groups is 1. The third-order valence-corrected chi connectivity index (χ3v) is 3.11. The van der Waals surface area contributed by atoms with Crippen molar-refractivity contribution in [3.63, 3.8) is 0 Å². The summed E-state index contributed by atoms with van der Waals surface area (Å²) in [5.41, 5.74) is -0.123. The Kier molecular flexibility index (Phi) is 2.80. The van der Waals surface area contributed by atoms with Crippen molar-refractivity contribution in [3.05, 3.63) is 10.6 Å². The highest BCUT2D eigenvalue weighted by molar-refractivity contribution is 7.13. The molecule has 0 aliphatic heterocycles. The number of hydrogen-bond donors (Lipinski definition) is 1. The molecule has 0 atom stereocenters. The van der Waals surface area contributed by atoms with Crippen LogP contribution in [0.15, 0.2) is 0 Å². The van der Waals surface area contributed by atoms with E-state index in [4.69, 9.17) is 9.84 Å². The van der Waals surface area contributed by atoms with E-state index in [9.17, 15) is 4.79 Å². The lowest BCUT2D eigenvalue weighted by molar-refractivity contribution is 0.0688. The number of carboxylic acid groups (broad SMARTS) is 1. The maximum Gasteiger partial charge on any atom is 0.355 e. The fourth-order valence-corrected chi connectivity index (χ4v) is 1.97. The molecule has 0 amide bonds. The second-order valence-corrected chi connectivity index (χ2v) is 4.88. The van der Waals surface area contributed by atoms with E-state index in [-0.39, 0.29) is 11.1 Å². The minimum absolute atomic E-state index is 0.0966. The number of rotatable bonds is 2. The lowest BCUT2D eigenvalue weighted by Gasteiger charge is -2.15. The average molecular weight is 215 g/mol. The first-order valence-corrected chi connectivity index (χ1v) is 4.96. The van der Waals surface area contributed by atoms with E-state index in [1.54, 1.807) is 0 Å². The topological polar surface area (TPSA) is 59.4 Å². The predicted molar refractivity (Wildman–Crippen MR) is 54.3 cm³/mol. The molecule has 0 fully saturated rings. The molecule has 0 aliphatic carbocycles. The molecule has 0 aliphatic rings. The molecule has 78 valence electrons. The summed E-state index contributed by atoms with van der Waals surface area (Å²) in [7, 11) is 1.48. The van der Waals surface area contributed by atoms with Gasteiger partial charge in [-0.05, 0) is 5.41 Å². The van der Waals surface area contributed by atoms with E-state index in [1.165, 1.54) is 18.4 Å². The van der Waals surface area contributed by atoms with Crippen LogP contribution in [0.1, 0.15) is 36.1 Å². The van der Waals surface area contributed by atoms with Crippen LogP contribution in [0.25, 0.3) is 0 Å². The second kappa shape index (κ2) is 3.57. The number of thiazole rings is 1. The van der Waals surface area contributed by atoms with E-state index in [2.05, 4.69) is 4.98 Å². The summed E-state index contributed by atoms with van der Waals surface area (Å²) < 4.78 is 4.92. The van der Waals surface area contributed by atoms with Gasteiger partial charge in [0.1, 0.15) is 0 Å². The van der Waals surface area contributed by atoms with Gasteiger partial charge in [-0.3, -0.25) is 0 Å². The molecule has 1 N–H and O–H groups in total. The van der Waals surface area contributed by atoms with Crippen molar-refractivity contribution in [1.82, 2.24) is 4.98 Å². The van der Waals surface area contributed by atoms with Crippen LogP contribution in [0.5, 0.6) is 5.19 Å². The average Bonchev–Trinajstić information content (AvgIpc) is 2.46. The summed E-state index contributed by atoms with van der Waals surface area (Å²) in [6.45, 7) is 5.85. The summed E-state index contributed by atoms with van der Waals surface area (Å²) >= 11 is 1.28. The molecule has 0 unspecified atom stereocenters. The zero-order chi connectivity index (χ0) is 10.9. The molecule has 1 aromatic rings. The second-order valence-electron chi connectivity index (χ2n) is 3.92. The van der Waals surface area contributed by atoms with Crippen LogP contribution in [0, 0.1) is 0 Å². The Hall–Kier alpha value is -1.10. The summed E-state index contributed by atoms with van der Waals surface area (Å²) in [6, 6.07) is 0. The Morgan fingerprint density at radius 1 is 1.50 bits per heavy atom. The van der Waals surface area contributed by atoms with Gasteiger partial charge in [0.15, 0.2) is 5.69 Å². The monoisotopic (exact) mass is 215 g/mol. The minimum atomic E-state index is -1.01. The van der Waals surface area contributed by atoms with E-state index < -0.39 is 5.97 Å². The first kappa shape index (κ1) is 11.0. The van der Waals surface area contributed by atoms with Gasteiger partial charge in [0, 0.05) is 4.88 Å². The number of carboxylic acids is 1. The predicted octanol–water partition coefficient (Wildman–Crippen LogP) is 2.15. The molecule has 0 saturated carbocycles. The van der Waals surface area contributed by atoms with E-state index in [0.717, 1.165) is 4.88 Å². The Balaban J connectivity index is 3.26. The lowest BCUT2D eigenvalue weighted by Crippen LogP contribution is -2.14. The highest BCUT2D eigenvalue weighted by Crippen LogP contribution is 2.34. The van der Waals surface area contributed by atoms with Crippen LogP contribution in [-0.4, -0.2) is 23.2 Å². The Morgan fingerprint density at radius 2 is 2.07 bits per heavy atom. The SMILES string of the molecule is COc1nc(C(=O)O)c(C(C)(C)C)s1. The van der Waals surface area contributed by atoms with Gasteiger partial charge in [0.05, 0.1) is 7.11 Å². The van der Waals surface area contributed by atoms with Gasteiger partial charge >= 0.3 is 5.97 Å². The fraction of sp³-hybridized carbons (Fsp3) is 0.556. The van der Waals surface area contributed by atoms with Crippen molar-refractivity contribution >= 4 is 17.3 Å². The summed E-state index contributed by atoms with van der Waals surface area (Å²) in [6.07, 6.45) is 0. The number of ether oxygens (including phenoxy) is 1. The van der Waals surface area contributed by atoms with Crippen LogP contribution >= 0.6 is 11.3 Å². The smallest absolute Gasteiger partial charge is 0.355 e. The van der Waals surface area contributed by atoms with Gasteiger partial charge in [-0.25, -0.2) is 4.79 Å². The highest BCUT2D eigenvalue weighted by atomic mass is 32.1. The number of hydrogen-bond acceptors (Lipinski definition) is 4. The van der Waals surface area contributed by atoms with Gasteiger partial charge in [0.2, 0.25) is 0 Å². The Labute approximate surface area is 86.6 Å². The zero-order valence-corrected chi connectivity index (χ0v) is 9.44. The molecule has 0 saturated heterocycles. The third-order valence-electron chi connectivity index (χ3n) is 1.67. The van der Waals surface area contributed by atoms with Crippen LogP contribution in [0.2, 0.25) is 0 Å². The van der Waals surface area contributed by atoms with Crippen molar-refractivity contribution in [2.75, 3.05) is 7.11 Å². The molecule has 14 heavy (non-hydrogen) atoms. The summed E-state index contributed by atoms with van der Waals surface area (Å²) in [5, 5.41) is 9.32. The molecule has 0 bridgehead atoms. The normalized spacial score (nSPS) is 11.4. The number of methoxy groups -OCH3 is 1. The molecule has 0 aromatic carbocycles. The van der Waals surface area contributed by atoms with E-state index in [1.807, 2.05) is 20.8 Å². The first-order chi connectivity index (χ1) is 6.36. The molecule has 1 aromatic heterocycles. The van der Waals surface area contributed by atoms with Gasteiger partial charge in [-0.1, -0.05) is 32.1 Å². The van der Waals surface area contributed by atoms with Crippen molar-refractivity contribution in [2.45, 2.75) is 26.2 Å². The number of aromatic nitrogens is 1.